The van der Waals surface area contributed by atoms with Gasteiger partial charge < -0.3 is 14.2 Å². The van der Waals surface area contributed by atoms with Crippen LogP contribution in [0.5, 0.6) is 11.5 Å². The highest BCUT2D eigenvalue weighted by molar-refractivity contribution is 7.87. The molecule has 0 bridgehead atoms. The molecular weight excluding hydrogens is 837 g/mol. The van der Waals surface area contributed by atoms with E-state index >= 15 is 4.57 Å². The second kappa shape index (κ2) is 16.2. The highest BCUT2D eigenvalue weighted by Gasteiger charge is 2.53. The molecule has 0 aliphatic carbocycles. The van der Waals surface area contributed by atoms with E-state index < -0.39 is 15.2 Å². The first-order valence-corrected chi connectivity index (χ1v) is 26.7. The number of hydrogen-bond acceptors (Lipinski definition) is 3. The third-order valence-electron chi connectivity index (χ3n) is 14.1. The number of anilines is 3. The smallest absolute Gasteiger partial charge is 0.242 e. The number of para-hydroxylation sites is 4. The topological polar surface area (TPSA) is 29.5 Å². The Morgan fingerprint density at radius 2 is 0.909 bits per heavy atom. The Morgan fingerprint density at radius 1 is 0.455 bits per heavy atom. The standard InChI is InChI=1S/C60H51BNO2PSi/c1-40-35-42(3)59(43(4)36-40)61(60-44(5)37-41(2)38-45(60)6)46-29-34-58-56(39-46)65(63,55-27-17-18-28-57(55)66(58,49-19-9-7-10-20-49)50-21-11-8-12-22-50)48-32-30-47(31-33-48)62-51-23-13-15-25-53(51)64-54-26-16-14-24-52(54)62/h7-39H,1-6H3. The molecule has 0 amide bonds. The molecule has 9 aromatic carbocycles. The molecule has 0 N–H and O–H groups in total. The Morgan fingerprint density at radius 3 is 1.44 bits per heavy atom. The van der Waals surface area contributed by atoms with Crippen LogP contribution in [0.25, 0.3) is 0 Å². The SMILES string of the molecule is Cc1cc(C)c(B(c2ccc3c(c2)P(=O)(c2ccc(N4c5ccccc5Oc5ccccc54)cc2)c2ccccc2[Si]3(c2ccccc2)c2ccccc2)c2c(C)cc(C)cc2C)c(C)c1. The Hall–Kier alpha value is -6.91. The van der Waals surface area contributed by atoms with Gasteiger partial charge in [-0.25, -0.2) is 0 Å². The third kappa shape index (κ3) is 6.43. The molecule has 2 aliphatic rings. The third-order valence-corrected chi connectivity index (χ3v) is 22.6. The van der Waals surface area contributed by atoms with Crippen LogP contribution < -0.4 is 62.7 Å². The van der Waals surface area contributed by atoms with E-state index in [2.05, 4.69) is 210 Å². The Kier molecular flexibility index (Phi) is 10.3. The first-order valence-electron chi connectivity index (χ1n) is 23.0. The number of fused-ring (bicyclic) bond motifs is 4. The summed E-state index contributed by atoms with van der Waals surface area (Å²) in [7, 11) is -6.66. The van der Waals surface area contributed by atoms with Gasteiger partial charge in [-0.2, -0.15) is 0 Å². The van der Waals surface area contributed by atoms with Gasteiger partial charge in [-0.3, -0.25) is 0 Å². The van der Waals surface area contributed by atoms with Crippen molar-refractivity contribution in [3.05, 3.63) is 234 Å². The maximum atomic E-state index is 17.5. The van der Waals surface area contributed by atoms with Crippen LogP contribution in [0.2, 0.25) is 0 Å². The van der Waals surface area contributed by atoms with E-state index in [4.69, 9.17) is 4.74 Å². The molecule has 3 nitrogen and oxygen atoms in total. The summed E-state index contributed by atoms with van der Waals surface area (Å²) in [6.07, 6.45) is 0. The van der Waals surface area contributed by atoms with Gasteiger partial charge in [0.05, 0.1) is 11.4 Å². The van der Waals surface area contributed by atoms with E-state index in [1.54, 1.807) is 0 Å². The zero-order chi connectivity index (χ0) is 45.3. The van der Waals surface area contributed by atoms with Crippen molar-refractivity contribution in [2.24, 2.45) is 0 Å². The zero-order valence-electron chi connectivity index (χ0n) is 38.3. The molecule has 0 saturated heterocycles. The summed E-state index contributed by atoms with van der Waals surface area (Å²) in [6.45, 7) is 13.3. The largest absolute Gasteiger partial charge is 0.453 e. The van der Waals surface area contributed by atoms with E-state index in [9.17, 15) is 0 Å². The summed E-state index contributed by atoms with van der Waals surface area (Å²) in [6, 6.07) is 72.1. The quantitative estimate of drug-likeness (QED) is 0.118. The van der Waals surface area contributed by atoms with Gasteiger partial charge in [-0.1, -0.05) is 201 Å². The van der Waals surface area contributed by atoms with Crippen LogP contribution in [-0.2, 0) is 4.57 Å². The lowest BCUT2D eigenvalue weighted by Crippen LogP contribution is -2.82. The van der Waals surface area contributed by atoms with Crippen LogP contribution in [0.1, 0.15) is 33.4 Å². The number of ether oxygens (including phenoxy) is 1. The van der Waals surface area contributed by atoms with E-state index in [0.717, 1.165) is 49.9 Å². The van der Waals surface area contributed by atoms with Crippen molar-refractivity contribution >= 4 is 92.0 Å². The number of benzene rings is 9. The minimum atomic E-state index is -3.58. The Bertz CT molecular complexity index is 3220. The molecule has 0 saturated carbocycles. The number of aryl methyl sites for hydroxylation is 6. The van der Waals surface area contributed by atoms with Crippen molar-refractivity contribution in [1.82, 2.24) is 0 Å². The van der Waals surface area contributed by atoms with E-state index in [1.807, 2.05) is 36.4 Å². The van der Waals surface area contributed by atoms with Gasteiger partial charge in [0.25, 0.3) is 0 Å². The highest BCUT2D eigenvalue weighted by atomic mass is 31.2. The van der Waals surface area contributed by atoms with E-state index in [1.165, 1.54) is 65.1 Å². The molecule has 2 aliphatic heterocycles. The van der Waals surface area contributed by atoms with E-state index in [-0.39, 0.29) is 6.71 Å². The molecule has 0 fully saturated rings. The van der Waals surface area contributed by atoms with Gasteiger partial charge in [0.2, 0.25) is 6.71 Å². The summed E-state index contributed by atoms with van der Waals surface area (Å²) >= 11 is 0. The lowest BCUT2D eigenvalue weighted by molar-refractivity contribution is 0.477. The minimum absolute atomic E-state index is 0.0875. The molecule has 2 heterocycles. The van der Waals surface area contributed by atoms with Gasteiger partial charge in [0.15, 0.2) is 26.7 Å². The van der Waals surface area contributed by atoms with Crippen LogP contribution in [0.4, 0.5) is 17.1 Å². The molecule has 11 rings (SSSR count). The van der Waals surface area contributed by atoms with Gasteiger partial charge in [-0.05, 0) is 111 Å². The molecule has 66 heavy (non-hydrogen) atoms. The molecule has 0 radical (unpaired) electrons. The summed E-state index contributed by atoms with van der Waals surface area (Å²) < 4.78 is 23.9. The molecule has 6 heteroatoms. The number of hydrogen-bond donors (Lipinski definition) is 0. The molecule has 320 valence electrons. The fourth-order valence-corrected chi connectivity index (χ4v) is 21.3. The van der Waals surface area contributed by atoms with Crippen molar-refractivity contribution < 1.29 is 9.30 Å². The second-order valence-corrected chi connectivity index (χ2v) is 24.8. The average molecular weight is 888 g/mol. The fraction of sp³-hybridized carbons (Fsp3) is 0.100. The van der Waals surface area contributed by atoms with Crippen molar-refractivity contribution in [3.8, 4) is 11.5 Å². The van der Waals surface area contributed by atoms with Crippen LogP contribution in [-0.4, -0.2) is 14.8 Å². The van der Waals surface area contributed by atoms with Crippen LogP contribution in [0.3, 0.4) is 0 Å². The normalized spacial score (nSPS) is 15.5. The number of rotatable bonds is 7. The van der Waals surface area contributed by atoms with Crippen molar-refractivity contribution in [2.45, 2.75) is 41.5 Å². The van der Waals surface area contributed by atoms with Gasteiger partial charge in [-0.15, -0.1) is 0 Å². The molecule has 1 atom stereocenters. The molecule has 1 unspecified atom stereocenters. The van der Waals surface area contributed by atoms with Gasteiger partial charge in [0.1, 0.15) is 0 Å². The van der Waals surface area contributed by atoms with Gasteiger partial charge >= 0.3 is 0 Å². The molecule has 0 spiro atoms. The van der Waals surface area contributed by atoms with Crippen LogP contribution in [0, 0.1) is 41.5 Å². The van der Waals surface area contributed by atoms with E-state index in [0.29, 0.717) is 0 Å². The highest BCUT2D eigenvalue weighted by Crippen LogP contribution is 2.51. The average Bonchev–Trinajstić information content (AvgIpc) is 3.33. The Balaban J connectivity index is 1.21. The fourth-order valence-electron chi connectivity index (χ4n) is 11.7. The molecular formula is C60H51BNO2PSi. The van der Waals surface area contributed by atoms with Crippen LogP contribution in [0.15, 0.2) is 200 Å². The minimum Gasteiger partial charge on any atom is -0.453 e. The Labute approximate surface area is 390 Å². The zero-order valence-corrected chi connectivity index (χ0v) is 40.2. The summed E-state index contributed by atoms with van der Waals surface area (Å²) in [4.78, 5) is 2.25. The second-order valence-electron chi connectivity index (χ2n) is 18.3. The molecule has 0 aromatic heterocycles. The van der Waals surface area contributed by atoms with Crippen molar-refractivity contribution in [2.75, 3.05) is 4.90 Å². The maximum absolute atomic E-state index is 17.5. The summed E-state index contributed by atoms with van der Waals surface area (Å²) in [5, 5.41) is 7.58. The summed E-state index contributed by atoms with van der Waals surface area (Å²) in [5.74, 6) is 1.60. The van der Waals surface area contributed by atoms with Crippen LogP contribution >= 0.6 is 7.14 Å². The predicted molar refractivity (Wildman–Crippen MR) is 284 cm³/mol. The predicted octanol–water partition coefficient (Wildman–Crippen LogP) is 8.96. The first kappa shape index (κ1) is 41.8. The maximum Gasteiger partial charge on any atom is 0.242 e. The first-order chi connectivity index (χ1) is 32.1. The lowest BCUT2D eigenvalue weighted by atomic mass is 9.34. The lowest BCUT2D eigenvalue weighted by Gasteiger charge is -2.43. The van der Waals surface area contributed by atoms with Gasteiger partial charge in [0, 0.05) is 21.6 Å². The van der Waals surface area contributed by atoms with Crippen molar-refractivity contribution in [3.63, 3.8) is 0 Å². The molecule has 9 aromatic rings. The summed E-state index contributed by atoms with van der Waals surface area (Å²) in [5.41, 5.74) is 14.2. The number of nitrogens with zero attached hydrogens (tertiary/aromatic N) is 1. The monoisotopic (exact) mass is 887 g/mol. The van der Waals surface area contributed by atoms with Crippen molar-refractivity contribution in [1.29, 1.82) is 0 Å².